The molecule has 0 saturated carbocycles. The third-order valence-electron chi connectivity index (χ3n) is 5.11. The van der Waals surface area contributed by atoms with Crippen LogP contribution < -0.4 is 19.1 Å². The number of ether oxygens (including phenoxy) is 2. The van der Waals surface area contributed by atoms with E-state index in [1.54, 1.807) is 42.5 Å². The van der Waals surface area contributed by atoms with Crippen molar-refractivity contribution in [2.75, 3.05) is 24.0 Å². The van der Waals surface area contributed by atoms with Crippen LogP contribution in [0, 0.1) is 6.92 Å². The molecule has 0 bridgehead atoms. The molecule has 0 aromatic heterocycles. The number of benzene rings is 3. The Balaban J connectivity index is 1.49. The number of nitrogens with one attached hydrogen (secondary N) is 1. The van der Waals surface area contributed by atoms with Crippen molar-refractivity contribution in [3.05, 3.63) is 83.4 Å². The van der Waals surface area contributed by atoms with Gasteiger partial charge in [-0.1, -0.05) is 41.4 Å². The van der Waals surface area contributed by atoms with E-state index >= 15 is 0 Å². The van der Waals surface area contributed by atoms with Gasteiger partial charge in [0.15, 0.2) is 11.5 Å². The molecule has 0 saturated heterocycles. The molecule has 1 atom stereocenters. The van der Waals surface area contributed by atoms with Crippen LogP contribution in [0.4, 0.5) is 5.69 Å². The van der Waals surface area contributed by atoms with Crippen molar-refractivity contribution in [3.8, 4) is 11.5 Å². The van der Waals surface area contributed by atoms with Crippen LogP contribution in [0.25, 0.3) is 0 Å². The largest absolute Gasteiger partial charge is 0.486 e. The van der Waals surface area contributed by atoms with Crippen LogP contribution in [-0.2, 0) is 14.8 Å². The summed E-state index contributed by atoms with van der Waals surface area (Å²) in [7, 11) is -3.99. The Kier molecular flexibility index (Phi) is 6.76. The number of aryl methyl sites for hydroxylation is 1. The van der Waals surface area contributed by atoms with Crippen molar-refractivity contribution in [2.24, 2.45) is 0 Å². The molecule has 0 radical (unpaired) electrons. The van der Waals surface area contributed by atoms with Gasteiger partial charge in [-0.15, -0.1) is 0 Å². The molecule has 1 amide bonds. The highest BCUT2D eigenvalue weighted by Crippen LogP contribution is 2.30. The normalized spacial score (nSPS) is 15.0. The number of hydrogen-bond donors (Lipinski definition) is 1. The monoisotopic (exact) mass is 486 g/mol. The second-order valence-corrected chi connectivity index (χ2v) is 9.90. The van der Waals surface area contributed by atoms with Crippen LogP contribution in [0.2, 0.25) is 5.02 Å². The molecule has 3 aromatic carbocycles. The summed E-state index contributed by atoms with van der Waals surface area (Å²) in [4.78, 5) is 12.9. The third kappa shape index (κ3) is 5.40. The first-order valence-corrected chi connectivity index (χ1v) is 12.1. The van der Waals surface area contributed by atoms with E-state index in [2.05, 4.69) is 5.32 Å². The summed E-state index contributed by atoms with van der Waals surface area (Å²) in [5.41, 5.74) is 1.27. The van der Waals surface area contributed by atoms with Crippen molar-refractivity contribution in [2.45, 2.75) is 17.9 Å². The number of para-hydroxylation sites is 2. The van der Waals surface area contributed by atoms with E-state index in [0.29, 0.717) is 22.2 Å². The molecule has 0 unspecified atom stereocenters. The van der Waals surface area contributed by atoms with Gasteiger partial charge in [0, 0.05) is 5.02 Å². The van der Waals surface area contributed by atoms with E-state index in [0.717, 1.165) is 9.87 Å². The molecule has 1 aliphatic heterocycles. The lowest BCUT2D eigenvalue weighted by atomic mass is 10.2. The lowest BCUT2D eigenvalue weighted by Gasteiger charge is -2.27. The molecule has 1 N–H and O–H groups in total. The Morgan fingerprint density at radius 1 is 1.03 bits per heavy atom. The van der Waals surface area contributed by atoms with Gasteiger partial charge in [0.1, 0.15) is 19.3 Å². The Morgan fingerprint density at radius 3 is 2.39 bits per heavy atom. The van der Waals surface area contributed by atoms with Crippen LogP contribution >= 0.6 is 11.6 Å². The lowest BCUT2D eigenvalue weighted by molar-refractivity contribution is -0.120. The average Bonchev–Trinajstić information content (AvgIpc) is 2.82. The van der Waals surface area contributed by atoms with Crippen molar-refractivity contribution >= 4 is 33.2 Å². The molecule has 1 aliphatic rings. The predicted molar refractivity (Wildman–Crippen MR) is 127 cm³/mol. The zero-order valence-corrected chi connectivity index (χ0v) is 19.5. The van der Waals surface area contributed by atoms with Crippen molar-refractivity contribution in [1.29, 1.82) is 0 Å². The molecule has 33 heavy (non-hydrogen) atoms. The number of hydrogen-bond acceptors (Lipinski definition) is 5. The highest BCUT2D eigenvalue weighted by molar-refractivity contribution is 7.92. The first kappa shape index (κ1) is 22.9. The van der Waals surface area contributed by atoms with Gasteiger partial charge < -0.3 is 14.8 Å². The summed E-state index contributed by atoms with van der Waals surface area (Å²) < 4.78 is 39.3. The van der Waals surface area contributed by atoms with Crippen LogP contribution in [0.5, 0.6) is 11.5 Å². The van der Waals surface area contributed by atoms with Gasteiger partial charge in [-0.2, -0.15) is 0 Å². The summed E-state index contributed by atoms with van der Waals surface area (Å²) in [6, 6.07) is 20.1. The summed E-state index contributed by atoms with van der Waals surface area (Å²) in [5.74, 6) is 0.786. The van der Waals surface area contributed by atoms with E-state index in [1.165, 1.54) is 12.1 Å². The number of carbonyl (C=O) groups is 1. The molecule has 0 aliphatic carbocycles. The molecule has 0 spiro atoms. The molecule has 1 heterocycles. The van der Waals surface area contributed by atoms with E-state index in [1.807, 2.05) is 25.1 Å². The number of fused-ring (bicyclic) bond motifs is 1. The smallest absolute Gasteiger partial charge is 0.264 e. The van der Waals surface area contributed by atoms with Crippen LogP contribution in [-0.4, -0.2) is 40.1 Å². The summed E-state index contributed by atoms with van der Waals surface area (Å²) in [6.45, 7) is 1.92. The minimum Gasteiger partial charge on any atom is -0.486 e. The zero-order chi connectivity index (χ0) is 23.4. The number of anilines is 1. The van der Waals surface area contributed by atoms with Gasteiger partial charge in [0.2, 0.25) is 5.91 Å². The standard InChI is InChI=1S/C24H23ClN2O5S/c1-17-6-12-21(13-7-17)33(29,30)27(19-10-8-18(25)9-11-19)15-24(28)26-14-20-16-31-22-4-2-3-5-23(22)32-20/h2-13,20H,14-16H2,1H3,(H,26,28)/t20-/m1/s1. The zero-order valence-electron chi connectivity index (χ0n) is 17.9. The van der Waals surface area contributed by atoms with E-state index in [4.69, 9.17) is 21.1 Å². The number of sulfonamides is 1. The molecule has 0 fully saturated rings. The fraction of sp³-hybridized carbons (Fsp3) is 0.208. The number of nitrogens with zero attached hydrogens (tertiary/aromatic N) is 1. The average molecular weight is 487 g/mol. The summed E-state index contributed by atoms with van der Waals surface area (Å²) in [5, 5.41) is 3.21. The second kappa shape index (κ2) is 9.72. The summed E-state index contributed by atoms with van der Waals surface area (Å²) in [6.07, 6.45) is -0.387. The Labute approximate surface area is 197 Å². The Hall–Kier alpha value is -3.23. The van der Waals surface area contributed by atoms with Gasteiger partial charge >= 0.3 is 0 Å². The summed E-state index contributed by atoms with van der Waals surface area (Å²) >= 11 is 5.97. The number of amides is 1. The first-order valence-electron chi connectivity index (χ1n) is 10.3. The number of carbonyl (C=O) groups excluding carboxylic acids is 1. The quantitative estimate of drug-likeness (QED) is 0.549. The SMILES string of the molecule is Cc1ccc(S(=O)(=O)N(CC(=O)NC[C@@H]2COc3ccccc3O2)c2ccc(Cl)cc2)cc1. The maximum atomic E-state index is 13.4. The Morgan fingerprint density at radius 2 is 1.70 bits per heavy atom. The highest BCUT2D eigenvalue weighted by atomic mass is 35.5. The maximum absolute atomic E-state index is 13.4. The van der Waals surface area contributed by atoms with Gasteiger partial charge in [-0.05, 0) is 55.5 Å². The van der Waals surface area contributed by atoms with E-state index in [-0.39, 0.29) is 24.2 Å². The molecule has 9 heteroatoms. The molecule has 3 aromatic rings. The number of rotatable bonds is 7. The number of halogens is 1. The molecule has 7 nitrogen and oxygen atoms in total. The molecule has 4 rings (SSSR count). The van der Waals surface area contributed by atoms with Crippen LogP contribution in [0.1, 0.15) is 5.56 Å². The van der Waals surface area contributed by atoms with Gasteiger partial charge in [-0.3, -0.25) is 9.10 Å². The van der Waals surface area contributed by atoms with Crippen LogP contribution in [0.15, 0.2) is 77.7 Å². The Bertz CT molecular complexity index is 1230. The lowest BCUT2D eigenvalue weighted by Crippen LogP contribution is -2.45. The second-order valence-electron chi connectivity index (χ2n) is 7.60. The van der Waals surface area contributed by atoms with Crippen molar-refractivity contribution < 1.29 is 22.7 Å². The molecular formula is C24H23ClN2O5S. The van der Waals surface area contributed by atoms with E-state index < -0.39 is 22.5 Å². The minimum atomic E-state index is -3.99. The fourth-order valence-electron chi connectivity index (χ4n) is 3.34. The van der Waals surface area contributed by atoms with Crippen molar-refractivity contribution in [3.63, 3.8) is 0 Å². The highest BCUT2D eigenvalue weighted by Gasteiger charge is 2.28. The molecular weight excluding hydrogens is 464 g/mol. The fourth-order valence-corrected chi connectivity index (χ4v) is 4.88. The minimum absolute atomic E-state index is 0.0940. The third-order valence-corrected chi connectivity index (χ3v) is 7.15. The topological polar surface area (TPSA) is 84.9 Å². The maximum Gasteiger partial charge on any atom is 0.264 e. The van der Waals surface area contributed by atoms with Gasteiger partial charge in [-0.25, -0.2) is 8.42 Å². The first-order chi connectivity index (χ1) is 15.8. The van der Waals surface area contributed by atoms with Gasteiger partial charge in [0.05, 0.1) is 17.1 Å². The van der Waals surface area contributed by atoms with E-state index in [9.17, 15) is 13.2 Å². The van der Waals surface area contributed by atoms with Crippen molar-refractivity contribution in [1.82, 2.24) is 5.32 Å². The van der Waals surface area contributed by atoms with Crippen LogP contribution in [0.3, 0.4) is 0 Å². The van der Waals surface area contributed by atoms with Gasteiger partial charge in [0.25, 0.3) is 10.0 Å². The molecule has 172 valence electrons. The predicted octanol–water partition coefficient (Wildman–Crippen LogP) is 3.80.